The van der Waals surface area contributed by atoms with Gasteiger partial charge in [-0.2, -0.15) is 13.2 Å². The molecule has 2 N–H and O–H groups in total. The Balaban J connectivity index is 2.00. The standard InChI is InChI=1S/C13H16F3N3O2/c1-8-4-5-19(7-8)10-3-2-9(6-18-10)11(17)21-12(20)13(14,15)16/h2-3,6,8,11H,4-5,7,17H2,1H3/t8?,11-/m0/s1. The maximum atomic E-state index is 12.1. The van der Waals surface area contributed by atoms with Crippen molar-refractivity contribution >= 4 is 11.8 Å². The third-order valence-electron chi connectivity index (χ3n) is 3.31. The Morgan fingerprint density at radius 3 is 2.71 bits per heavy atom. The zero-order valence-corrected chi connectivity index (χ0v) is 11.4. The van der Waals surface area contributed by atoms with Gasteiger partial charge in [0.1, 0.15) is 5.82 Å². The summed E-state index contributed by atoms with van der Waals surface area (Å²) in [5.41, 5.74) is 5.63. The maximum absolute atomic E-state index is 12.1. The summed E-state index contributed by atoms with van der Waals surface area (Å²) in [6.07, 6.45) is -4.15. The smallest absolute Gasteiger partial charge is 0.436 e. The van der Waals surface area contributed by atoms with Crippen LogP contribution in [0.15, 0.2) is 18.3 Å². The minimum atomic E-state index is -5.06. The number of alkyl halides is 3. The van der Waals surface area contributed by atoms with Crippen molar-refractivity contribution < 1.29 is 22.7 Å². The molecule has 1 aliphatic heterocycles. The quantitative estimate of drug-likeness (QED) is 0.683. The second-order valence-corrected chi connectivity index (χ2v) is 5.11. The normalized spacial score (nSPS) is 20.4. The van der Waals surface area contributed by atoms with Crippen molar-refractivity contribution in [2.24, 2.45) is 11.7 Å². The molecule has 1 aliphatic rings. The van der Waals surface area contributed by atoms with Crippen molar-refractivity contribution in [3.05, 3.63) is 23.9 Å². The van der Waals surface area contributed by atoms with Crippen LogP contribution in [0, 0.1) is 5.92 Å². The molecule has 1 saturated heterocycles. The Kier molecular flexibility index (Phi) is 4.36. The molecule has 2 atom stereocenters. The summed E-state index contributed by atoms with van der Waals surface area (Å²) >= 11 is 0. The van der Waals surface area contributed by atoms with Gasteiger partial charge in [0.15, 0.2) is 6.23 Å². The molecule has 116 valence electrons. The third-order valence-corrected chi connectivity index (χ3v) is 3.31. The molecule has 21 heavy (non-hydrogen) atoms. The van der Waals surface area contributed by atoms with Crippen LogP contribution in [-0.2, 0) is 9.53 Å². The number of carbonyl (C=O) groups is 1. The van der Waals surface area contributed by atoms with Gasteiger partial charge in [-0.3, -0.25) is 5.73 Å². The summed E-state index contributed by atoms with van der Waals surface area (Å²) in [6.45, 7) is 3.92. The van der Waals surface area contributed by atoms with Crippen LogP contribution in [0.1, 0.15) is 25.1 Å². The third kappa shape index (κ3) is 3.84. The van der Waals surface area contributed by atoms with Gasteiger partial charge >= 0.3 is 12.1 Å². The fourth-order valence-electron chi connectivity index (χ4n) is 2.15. The number of pyridine rings is 1. The first kappa shape index (κ1) is 15.6. The highest BCUT2D eigenvalue weighted by atomic mass is 19.4. The van der Waals surface area contributed by atoms with Gasteiger partial charge in [-0.1, -0.05) is 6.92 Å². The van der Waals surface area contributed by atoms with Crippen molar-refractivity contribution in [3.63, 3.8) is 0 Å². The van der Waals surface area contributed by atoms with Crippen LogP contribution >= 0.6 is 0 Å². The Morgan fingerprint density at radius 2 is 2.24 bits per heavy atom. The first-order valence-corrected chi connectivity index (χ1v) is 6.51. The highest BCUT2D eigenvalue weighted by Crippen LogP contribution is 2.24. The molecule has 2 rings (SSSR count). The lowest BCUT2D eigenvalue weighted by Gasteiger charge is -2.18. The predicted octanol–water partition coefficient (Wildman–Crippen LogP) is 1.99. The largest absolute Gasteiger partial charge is 0.490 e. The van der Waals surface area contributed by atoms with E-state index in [-0.39, 0.29) is 5.56 Å². The number of aromatic nitrogens is 1. The van der Waals surface area contributed by atoms with E-state index < -0.39 is 18.4 Å². The number of carbonyl (C=O) groups excluding carboxylic acids is 1. The van der Waals surface area contributed by atoms with Crippen molar-refractivity contribution in [3.8, 4) is 0 Å². The van der Waals surface area contributed by atoms with E-state index in [9.17, 15) is 18.0 Å². The first-order valence-electron chi connectivity index (χ1n) is 6.51. The zero-order valence-electron chi connectivity index (χ0n) is 11.4. The molecule has 2 heterocycles. The number of halogens is 3. The van der Waals surface area contributed by atoms with E-state index in [1.807, 2.05) is 0 Å². The number of ether oxygens (including phenoxy) is 1. The van der Waals surface area contributed by atoms with Crippen LogP contribution in [0.2, 0.25) is 0 Å². The Morgan fingerprint density at radius 1 is 1.52 bits per heavy atom. The fourth-order valence-corrected chi connectivity index (χ4v) is 2.15. The molecule has 0 aromatic carbocycles. The molecule has 1 aromatic rings. The number of hydrogen-bond acceptors (Lipinski definition) is 5. The Bertz CT molecular complexity index is 504. The van der Waals surface area contributed by atoms with E-state index in [2.05, 4.69) is 21.5 Å². The number of esters is 1. The Hall–Kier alpha value is -1.83. The van der Waals surface area contributed by atoms with Crippen LogP contribution in [0.25, 0.3) is 0 Å². The molecule has 1 unspecified atom stereocenters. The lowest BCUT2D eigenvalue weighted by molar-refractivity contribution is -0.205. The summed E-state index contributed by atoms with van der Waals surface area (Å²) in [4.78, 5) is 16.9. The summed E-state index contributed by atoms with van der Waals surface area (Å²) in [7, 11) is 0. The molecule has 8 heteroatoms. The first-order chi connectivity index (χ1) is 9.77. The van der Waals surface area contributed by atoms with Crippen LogP contribution in [-0.4, -0.2) is 30.2 Å². The lowest BCUT2D eigenvalue weighted by atomic mass is 10.2. The van der Waals surface area contributed by atoms with Gasteiger partial charge < -0.3 is 9.64 Å². The second-order valence-electron chi connectivity index (χ2n) is 5.11. The molecular weight excluding hydrogens is 287 g/mol. The van der Waals surface area contributed by atoms with Crippen molar-refractivity contribution in [1.82, 2.24) is 4.98 Å². The van der Waals surface area contributed by atoms with Crippen LogP contribution < -0.4 is 10.6 Å². The number of nitrogens with zero attached hydrogens (tertiary/aromatic N) is 2. The summed E-state index contributed by atoms with van der Waals surface area (Å²) in [6, 6.07) is 3.17. The average molecular weight is 303 g/mol. The van der Waals surface area contributed by atoms with Gasteiger partial charge in [-0.05, 0) is 24.5 Å². The SMILES string of the molecule is CC1CCN(c2ccc([C@@H](N)OC(=O)C(F)(F)F)cn2)C1. The molecule has 5 nitrogen and oxygen atoms in total. The topological polar surface area (TPSA) is 68.4 Å². The molecule has 0 amide bonds. The van der Waals surface area contributed by atoms with Gasteiger partial charge in [0, 0.05) is 24.8 Å². The van der Waals surface area contributed by atoms with Crippen LogP contribution in [0.4, 0.5) is 19.0 Å². The molecule has 0 aliphatic carbocycles. The molecule has 1 fully saturated rings. The van der Waals surface area contributed by atoms with E-state index in [0.717, 1.165) is 25.3 Å². The predicted molar refractivity (Wildman–Crippen MR) is 69.3 cm³/mol. The minimum Gasteiger partial charge on any atom is -0.436 e. The molecule has 0 spiro atoms. The summed E-state index contributed by atoms with van der Waals surface area (Å²) in [5.74, 6) is -0.994. The van der Waals surface area contributed by atoms with E-state index in [1.54, 1.807) is 6.07 Å². The van der Waals surface area contributed by atoms with Gasteiger partial charge in [-0.25, -0.2) is 9.78 Å². The van der Waals surface area contributed by atoms with Gasteiger partial charge in [0.25, 0.3) is 0 Å². The number of rotatable bonds is 3. The van der Waals surface area contributed by atoms with Crippen molar-refractivity contribution in [2.45, 2.75) is 25.7 Å². The van der Waals surface area contributed by atoms with Gasteiger partial charge in [0.2, 0.25) is 0 Å². The highest BCUT2D eigenvalue weighted by molar-refractivity contribution is 5.75. The second kappa shape index (κ2) is 5.88. The van der Waals surface area contributed by atoms with E-state index in [0.29, 0.717) is 5.92 Å². The van der Waals surface area contributed by atoms with E-state index in [4.69, 9.17) is 5.73 Å². The molecule has 0 radical (unpaired) electrons. The Labute approximate surface area is 119 Å². The van der Waals surface area contributed by atoms with E-state index in [1.165, 1.54) is 12.3 Å². The minimum absolute atomic E-state index is 0.212. The van der Waals surface area contributed by atoms with Crippen molar-refractivity contribution in [1.29, 1.82) is 0 Å². The van der Waals surface area contributed by atoms with Gasteiger partial charge in [-0.15, -0.1) is 0 Å². The zero-order chi connectivity index (χ0) is 15.6. The summed E-state index contributed by atoms with van der Waals surface area (Å²) in [5, 5.41) is 0. The average Bonchev–Trinajstić information content (AvgIpc) is 2.84. The fraction of sp³-hybridized carbons (Fsp3) is 0.538. The lowest BCUT2D eigenvalue weighted by Crippen LogP contribution is -2.30. The van der Waals surface area contributed by atoms with E-state index >= 15 is 0 Å². The number of anilines is 1. The molecule has 1 aromatic heterocycles. The monoisotopic (exact) mass is 303 g/mol. The highest BCUT2D eigenvalue weighted by Gasteiger charge is 2.42. The number of hydrogen-bond donors (Lipinski definition) is 1. The van der Waals surface area contributed by atoms with Crippen LogP contribution in [0.5, 0.6) is 0 Å². The van der Waals surface area contributed by atoms with Crippen LogP contribution in [0.3, 0.4) is 0 Å². The molecule has 0 bridgehead atoms. The van der Waals surface area contributed by atoms with Gasteiger partial charge in [0.05, 0.1) is 0 Å². The molecule has 0 saturated carbocycles. The van der Waals surface area contributed by atoms with Crippen molar-refractivity contribution in [2.75, 3.05) is 18.0 Å². The number of nitrogens with two attached hydrogens (primary N) is 1. The molecular formula is C13H16F3N3O2. The maximum Gasteiger partial charge on any atom is 0.490 e. The summed E-state index contributed by atoms with van der Waals surface area (Å²) < 4.78 is 40.4.